The van der Waals surface area contributed by atoms with Crippen LogP contribution in [0.1, 0.15) is 12.0 Å². The van der Waals surface area contributed by atoms with Crippen LogP contribution in [0.15, 0.2) is 24.3 Å². The number of carbonyl (C=O) groups excluding carboxylic acids is 1. The van der Waals surface area contributed by atoms with Gasteiger partial charge in [0.1, 0.15) is 0 Å². The highest BCUT2D eigenvalue weighted by molar-refractivity contribution is 5.79. The Morgan fingerprint density at radius 2 is 2.33 bits per heavy atom. The van der Waals surface area contributed by atoms with Gasteiger partial charge in [-0.1, -0.05) is 12.1 Å². The highest BCUT2D eigenvalue weighted by atomic mass is 16.6. The molecule has 0 aliphatic carbocycles. The highest BCUT2D eigenvalue weighted by Gasteiger charge is 2.24. The van der Waals surface area contributed by atoms with Crippen molar-refractivity contribution in [2.75, 3.05) is 13.1 Å². The van der Waals surface area contributed by atoms with E-state index in [9.17, 15) is 20.0 Å². The van der Waals surface area contributed by atoms with E-state index in [-0.39, 0.29) is 18.0 Å². The van der Waals surface area contributed by atoms with Gasteiger partial charge >= 0.3 is 0 Å². The standard InChI is InChI=1S/C12H14N2O4/c15-11-4-5-13(8-11)12(16)7-9-2-1-3-10(6-9)14(17)18/h1-3,6,11,15H,4-5,7-8H2/t11-/m0/s1. The lowest BCUT2D eigenvalue weighted by atomic mass is 10.1. The molecule has 0 unspecified atom stereocenters. The fourth-order valence-electron chi connectivity index (χ4n) is 2.03. The number of nitro benzene ring substituents is 1. The lowest BCUT2D eigenvalue weighted by Gasteiger charge is -2.15. The fraction of sp³-hybridized carbons (Fsp3) is 0.417. The lowest BCUT2D eigenvalue weighted by molar-refractivity contribution is -0.384. The molecular weight excluding hydrogens is 236 g/mol. The molecule has 18 heavy (non-hydrogen) atoms. The van der Waals surface area contributed by atoms with E-state index >= 15 is 0 Å². The molecule has 1 amide bonds. The molecule has 0 spiro atoms. The number of likely N-dealkylation sites (tertiary alicyclic amines) is 1. The molecule has 1 aromatic carbocycles. The number of carbonyl (C=O) groups is 1. The summed E-state index contributed by atoms with van der Waals surface area (Å²) in [5, 5.41) is 20.0. The van der Waals surface area contributed by atoms with Gasteiger partial charge in [0.2, 0.25) is 5.91 Å². The van der Waals surface area contributed by atoms with Gasteiger partial charge in [-0.25, -0.2) is 0 Å². The zero-order valence-electron chi connectivity index (χ0n) is 9.78. The van der Waals surface area contributed by atoms with Crippen LogP contribution in [0, 0.1) is 10.1 Å². The molecule has 96 valence electrons. The molecule has 1 atom stereocenters. The average Bonchev–Trinajstić information content (AvgIpc) is 2.76. The molecule has 6 nitrogen and oxygen atoms in total. The number of hydrogen-bond donors (Lipinski definition) is 1. The van der Waals surface area contributed by atoms with Gasteiger partial charge in [-0.15, -0.1) is 0 Å². The first-order valence-electron chi connectivity index (χ1n) is 5.75. The summed E-state index contributed by atoms with van der Waals surface area (Å²) in [5.74, 6) is -0.105. The number of nitrogens with zero attached hydrogens (tertiary/aromatic N) is 2. The van der Waals surface area contributed by atoms with E-state index in [1.807, 2.05) is 0 Å². The van der Waals surface area contributed by atoms with Crippen molar-refractivity contribution >= 4 is 11.6 Å². The van der Waals surface area contributed by atoms with Crippen LogP contribution in [-0.4, -0.2) is 40.0 Å². The second kappa shape index (κ2) is 5.14. The summed E-state index contributed by atoms with van der Waals surface area (Å²) in [5.41, 5.74) is 0.609. The topological polar surface area (TPSA) is 83.7 Å². The van der Waals surface area contributed by atoms with Gasteiger partial charge in [0, 0.05) is 25.2 Å². The highest BCUT2D eigenvalue weighted by Crippen LogP contribution is 2.16. The number of non-ortho nitro benzene ring substituents is 1. The van der Waals surface area contributed by atoms with Crippen molar-refractivity contribution in [1.29, 1.82) is 0 Å². The number of β-amino-alcohol motifs (C(OH)–C–C–N with tert-alkyl or cyclic N) is 1. The van der Waals surface area contributed by atoms with E-state index in [0.717, 1.165) is 0 Å². The van der Waals surface area contributed by atoms with Gasteiger partial charge in [-0.3, -0.25) is 14.9 Å². The third-order valence-electron chi connectivity index (χ3n) is 2.99. The third kappa shape index (κ3) is 2.84. The Morgan fingerprint density at radius 3 is 2.94 bits per heavy atom. The van der Waals surface area contributed by atoms with Crippen molar-refractivity contribution in [2.24, 2.45) is 0 Å². The van der Waals surface area contributed by atoms with Crippen molar-refractivity contribution in [3.8, 4) is 0 Å². The number of amides is 1. The maximum Gasteiger partial charge on any atom is 0.269 e. The van der Waals surface area contributed by atoms with Crippen LogP contribution in [0.3, 0.4) is 0 Å². The summed E-state index contributed by atoms with van der Waals surface area (Å²) < 4.78 is 0. The maximum absolute atomic E-state index is 11.9. The van der Waals surface area contributed by atoms with Gasteiger partial charge in [0.25, 0.3) is 5.69 Å². The number of aliphatic hydroxyl groups is 1. The first-order valence-corrected chi connectivity index (χ1v) is 5.75. The molecule has 1 fully saturated rings. The lowest BCUT2D eigenvalue weighted by Crippen LogP contribution is -2.30. The first-order chi connectivity index (χ1) is 8.56. The normalized spacial score (nSPS) is 18.9. The summed E-state index contributed by atoms with van der Waals surface area (Å²) in [6.45, 7) is 0.905. The van der Waals surface area contributed by atoms with Crippen LogP contribution >= 0.6 is 0 Å². The van der Waals surface area contributed by atoms with Crippen molar-refractivity contribution in [2.45, 2.75) is 18.9 Å². The van der Waals surface area contributed by atoms with E-state index in [1.54, 1.807) is 17.0 Å². The Bertz CT molecular complexity index is 475. The number of nitro groups is 1. The second-order valence-electron chi connectivity index (χ2n) is 4.39. The molecule has 0 saturated carbocycles. The summed E-state index contributed by atoms with van der Waals surface area (Å²) in [6, 6.07) is 6.06. The molecule has 0 bridgehead atoms. The van der Waals surface area contributed by atoms with Gasteiger partial charge in [-0.05, 0) is 12.0 Å². The molecule has 1 aliphatic rings. The molecular formula is C12H14N2O4. The number of rotatable bonds is 3. The minimum Gasteiger partial charge on any atom is -0.391 e. The van der Waals surface area contributed by atoms with E-state index in [2.05, 4.69) is 0 Å². The summed E-state index contributed by atoms with van der Waals surface area (Å²) in [7, 11) is 0. The number of hydrogen-bond acceptors (Lipinski definition) is 4. The molecule has 2 rings (SSSR count). The van der Waals surface area contributed by atoms with E-state index in [1.165, 1.54) is 12.1 Å². The van der Waals surface area contributed by atoms with Crippen molar-refractivity contribution in [3.63, 3.8) is 0 Å². The molecule has 1 N–H and O–H groups in total. The van der Waals surface area contributed by atoms with Gasteiger partial charge in [-0.2, -0.15) is 0 Å². The third-order valence-corrected chi connectivity index (χ3v) is 2.99. The van der Waals surface area contributed by atoms with Crippen LogP contribution < -0.4 is 0 Å². The van der Waals surface area contributed by atoms with Crippen LogP contribution in [0.25, 0.3) is 0 Å². The molecule has 1 heterocycles. The number of aliphatic hydroxyl groups excluding tert-OH is 1. The minimum atomic E-state index is -0.479. The predicted octanol–water partition coefficient (Wildman–Crippen LogP) is 0.730. The number of benzene rings is 1. The minimum absolute atomic E-state index is 0.0123. The smallest absolute Gasteiger partial charge is 0.269 e. The first kappa shape index (κ1) is 12.5. The Kier molecular flexibility index (Phi) is 3.57. The van der Waals surface area contributed by atoms with Crippen molar-refractivity contribution < 1.29 is 14.8 Å². The summed E-state index contributed by atoms with van der Waals surface area (Å²) in [4.78, 5) is 23.6. The molecule has 1 saturated heterocycles. The Balaban J connectivity index is 2.03. The Labute approximate surface area is 104 Å². The van der Waals surface area contributed by atoms with Gasteiger partial charge < -0.3 is 10.0 Å². The predicted molar refractivity (Wildman–Crippen MR) is 64.0 cm³/mol. The second-order valence-corrected chi connectivity index (χ2v) is 4.39. The van der Waals surface area contributed by atoms with E-state index in [0.29, 0.717) is 25.1 Å². The van der Waals surface area contributed by atoms with Crippen LogP contribution in [-0.2, 0) is 11.2 Å². The maximum atomic E-state index is 11.9. The molecule has 6 heteroatoms. The molecule has 1 aromatic rings. The van der Waals surface area contributed by atoms with E-state index < -0.39 is 11.0 Å². The van der Waals surface area contributed by atoms with Crippen molar-refractivity contribution in [3.05, 3.63) is 39.9 Å². The van der Waals surface area contributed by atoms with Crippen LogP contribution in [0.4, 0.5) is 5.69 Å². The molecule has 0 radical (unpaired) electrons. The fourth-order valence-corrected chi connectivity index (χ4v) is 2.03. The van der Waals surface area contributed by atoms with Gasteiger partial charge in [0.15, 0.2) is 0 Å². The zero-order valence-corrected chi connectivity index (χ0v) is 9.78. The van der Waals surface area contributed by atoms with Crippen LogP contribution in [0.5, 0.6) is 0 Å². The van der Waals surface area contributed by atoms with Crippen molar-refractivity contribution in [1.82, 2.24) is 4.90 Å². The monoisotopic (exact) mass is 250 g/mol. The average molecular weight is 250 g/mol. The molecule has 1 aliphatic heterocycles. The van der Waals surface area contributed by atoms with E-state index in [4.69, 9.17) is 0 Å². The SMILES string of the molecule is O=C(Cc1cccc([N+](=O)[O-])c1)N1CC[C@H](O)C1. The Morgan fingerprint density at radius 1 is 1.56 bits per heavy atom. The largest absolute Gasteiger partial charge is 0.391 e. The van der Waals surface area contributed by atoms with Crippen LogP contribution in [0.2, 0.25) is 0 Å². The summed E-state index contributed by atoms with van der Waals surface area (Å²) >= 11 is 0. The Hall–Kier alpha value is -1.95. The zero-order chi connectivity index (χ0) is 13.1. The quantitative estimate of drug-likeness (QED) is 0.633. The summed E-state index contributed by atoms with van der Waals surface area (Å²) in [6.07, 6.45) is 0.286. The molecule has 0 aromatic heterocycles. The van der Waals surface area contributed by atoms with Gasteiger partial charge in [0.05, 0.1) is 17.4 Å².